The zero-order valence-electron chi connectivity index (χ0n) is 12.8. The largest absolute Gasteiger partial charge is 0.507 e. The molecule has 0 saturated carbocycles. The number of nitriles is 1. The Morgan fingerprint density at radius 2 is 1.92 bits per heavy atom. The molecule has 0 atom stereocenters. The lowest BCUT2D eigenvalue weighted by Crippen LogP contribution is -2.27. The number of nitrogens with zero attached hydrogens (tertiary/aromatic N) is 2. The van der Waals surface area contributed by atoms with Gasteiger partial charge in [0.15, 0.2) is 0 Å². The first-order valence-corrected chi connectivity index (χ1v) is 8.82. The minimum Gasteiger partial charge on any atom is -0.507 e. The molecular formula is C18H11BrN2O3S. The number of amides is 2. The number of imide groups is 1. The van der Waals surface area contributed by atoms with Gasteiger partial charge in [-0.1, -0.05) is 18.2 Å². The van der Waals surface area contributed by atoms with Gasteiger partial charge in [-0.25, -0.2) is 0 Å². The Bertz CT molecular complexity index is 932. The number of rotatable bonds is 3. The smallest absolute Gasteiger partial charge is 0.293 e. The number of halogens is 1. The highest BCUT2D eigenvalue weighted by Gasteiger charge is 2.34. The fourth-order valence-electron chi connectivity index (χ4n) is 2.27. The van der Waals surface area contributed by atoms with E-state index in [4.69, 9.17) is 5.26 Å². The molecule has 0 unspecified atom stereocenters. The van der Waals surface area contributed by atoms with Gasteiger partial charge in [-0.2, -0.15) is 5.26 Å². The van der Waals surface area contributed by atoms with Gasteiger partial charge in [0, 0.05) is 0 Å². The number of phenolic OH excluding ortho intramolecular Hbond substituents is 1. The van der Waals surface area contributed by atoms with E-state index >= 15 is 0 Å². The van der Waals surface area contributed by atoms with E-state index in [2.05, 4.69) is 15.9 Å². The minimum atomic E-state index is -0.358. The Morgan fingerprint density at radius 1 is 1.20 bits per heavy atom. The first-order chi connectivity index (χ1) is 12.0. The van der Waals surface area contributed by atoms with Crippen molar-refractivity contribution in [2.24, 2.45) is 0 Å². The molecular weight excluding hydrogens is 404 g/mol. The molecule has 0 aliphatic carbocycles. The molecule has 0 bridgehead atoms. The van der Waals surface area contributed by atoms with E-state index in [1.807, 2.05) is 6.07 Å². The Hall–Kier alpha value is -2.56. The topological polar surface area (TPSA) is 81.4 Å². The van der Waals surface area contributed by atoms with Crippen molar-refractivity contribution >= 4 is 44.9 Å². The molecule has 124 valence electrons. The third-order valence-corrected chi connectivity index (χ3v) is 5.11. The molecule has 1 aliphatic heterocycles. The molecule has 2 aromatic carbocycles. The number of phenols is 1. The molecule has 5 nitrogen and oxygen atoms in total. The van der Waals surface area contributed by atoms with Crippen LogP contribution in [0.25, 0.3) is 6.08 Å². The summed E-state index contributed by atoms with van der Waals surface area (Å²) in [5.41, 5.74) is 2.00. The molecule has 25 heavy (non-hydrogen) atoms. The van der Waals surface area contributed by atoms with Crippen LogP contribution >= 0.6 is 27.7 Å². The van der Waals surface area contributed by atoms with Crippen molar-refractivity contribution in [3.8, 4) is 11.8 Å². The first-order valence-electron chi connectivity index (χ1n) is 7.21. The summed E-state index contributed by atoms with van der Waals surface area (Å²) in [5, 5.41) is 18.0. The molecule has 1 fully saturated rings. The Labute approximate surface area is 156 Å². The number of hydrogen-bond donors (Lipinski definition) is 1. The molecule has 2 aromatic rings. The maximum absolute atomic E-state index is 12.5. The lowest BCUT2D eigenvalue weighted by molar-refractivity contribution is -0.123. The third-order valence-electron chi connectivity index (χ3n) is 3.57. The van der Waals surface area contributed by atoms with E-state index in [1.165, 1.54) is 11.0 Å². The van der Waals surface area contributed by atoms with Crippen LogP contribution in [-0.2, 0) is 11.3 Å². The fourth-order valence-corrected chi connectivity index (χ4v) is 3.50. The maximum atomic E-state index is 12.5. The van der Waals surface area contributed by atoms with Gasteiger partial charge < -0.3 is 5.11 Å². The number of carbonyl (C=O) groups is 2. The predicted octanol–water partition coefficient (Wildman–Crippen LogP) is 4.26. The van der Waals surface area contributed by atoms with Crippen LogP contribution < -0.4 is 0 Å². The van der Waals surface area contributed by atoms with Gasteiger partial charge in [-0.15, -0.1) is 0 Å². The number of thioether (sulfide) groups is 1. The number of hydrogen-bond acceptors (Lipinski definition) is 5. The number of aromatic hydroxyl groups is 1. The maximum Gasteiger partial charge on any atom is 0.293 e. The Balaban J connectivity index is 1.80. The molecule has 3 rings (SSSR count). The molecule has 2 amide bonds. The summed E-state index contributed by atoms with van der Waals surface area (Å²) >= 11 is 4.10. The summed E-state index contributed by atoms with van der Waals surface area (Å²) in [6, 6.07) is 13.6. The van der Waals surface area contributed by atoms with E-state index in [0.29, 0.717) is 20.5 Å². The normalized spacial score (nSPS) is 15.7. The molecule has 1 heterocycles. The van der Waals surface area contributed by atoms with Gasteiger partial charge in [0.25, 0.3) is 11.1 Å². The van der Waals surface area contributed by atoms with Crippen molar-refractivity contribution in [3.63, 3.8) is 0 Å². The monoisotopic (exact) mass is 414 g/mol. The lowest BCUT2D eigenvalue weighted by Gasteiger charge is -2.12. The van der Waals surface area contributed by atoms with Crippen LogP contribution in [-0.4, -0.2) is 21.2 Å². The zero-order valence-corrected chi connectivity index (χ0v) is 15.2. The van der Waals surface area contributed by atoms with Gasteiger partial charge in [-0.05, 0) is 69.2 Å². The second-order valence-corrected chi connectivity index (χ2v) is 7.13. The third kappa shape index (κ3) is 3.76. The van der Waals surface area contributed by atoms with E-state index in [0.717, 1.165) is 17.3 Å². The average molecular weight is 415 g/mol. The van der Waals surface area contributed by atoms with Gasteiger partial charge in [0.2, 0.25) is 0 Å². The second kappa shape index (κ2) is 7.13. The van der Waals surface area contributed by atoms with E-state index in [9.17, 15) is 14.7 Å². The van der Waals surface area contributed by atoms with Crippen molar-refractivity contribution in [1.29, 1.82) is 5.26 Å². The zero-order chi connectivity index (χ0) is 18.0. The molecule has 1 N–H and O–H groups in total. The van der Waals surface area contributed by atoms with Crippen LogP contribution in [0.3, 0.4) is 0 Å². The van der Waals surface area contributed by atoms with Gasteiger partial charge in [-0.3, -0.25) is 14.5 Å². The van der Waals surface area contributed by atoms with Crippen molar-refractivity contribution in [1.82, 2.24) is 4.90 Å². The Kier molecular flexibility index (Phi) is 4.93. The van der Waals surface area contributed by atoms with Crippen molar-refractivity contribution in [2.75, 3.05) is 0 Å². The van der Waals surface area contributed by atoms with Crippen LogP contribution in [0.15, 0.2) is 51.8 Å². The standard InChI is InChI=1S/C18H11BrN2O3S/c19-14-7-13(5-6-15(14)22)8-16-17(23)21(18(24)25-16)10-12-3-1-11(9-20)2-4-12/h1-8,22H,10H2. The van der Waals surface area contributed by atoms with Crippen LogP contribution in [0.2, 0.25) is 0 Å². The molecule has 7 heteroatoms. The summed E-state index contributed by atoms with van der Waals surface area (Å²) in [7, 11) is 0. The minimum absolute atomic E-state index is 0.103. The number of carbonyl (C=O) groups excluding carboxylic acids is 2. The molecule has 1 saturated heterocycles. The van der Waals surface area contributed by atoms with Crippen LogP contribution in [0.5, 0.6) is 5.75 Å². The van der Waals surface area contributed by atoms with E-state index in [-0.39, 0.29) is 23.4 Å². The predicted molar refractivity (Wildman–Crippen MR) is 98.5 cm³/mol. The second-order valence-electron chi connectivity index (χ2n) is 5.29. The summed E-state index contributed by atoms with van der Waals surface area (Å²) in [6.07, 6.45) is 1.62. The van der Waals surface area contributed by atoms with Crippen LogP contribution in [0.4, 0.5) is 4.79 Å². The van der Waals surface area contributed by atoms with Crippen molar-refractivity contribution in [3.05, 3.63) is 68.5 Å². The van der Waals surface area contributed by atoms with Gasteiger partial charge in [0.05, 0.1) is 27.6 Å². The summed E-state index contributed by atoms with van der Waals surface area (Å²) < 4.78 is 0.512. The fraction of sp³-hybridized carbons (Fsp3) is 0.0556. The van der Waals surface area contributed by atoms with Crippen LogP contribution in [0, 0.1) is 11.3 Å². The lowest BCUT2D eigenvalue weighted by atomic mass is 10.1. The Morgan fingerprint density at radius 3 is 2.56 bits per heavy atom. The highest BCUT2D eigenvalue weighted by atomic mass is 79.9. The summed E-state index contributed by atoms with van der Waals surface area (Å²) in [4.78, 5) is 26.2. The SMILES string of the molecule is N#Cc1ccc(CN2C(=O)SC(=Cc3ccc(O)c(Br)c3)C2=O)cc1. The van der Waals surface area contributed by atoms with E-state index < -0.39 is 0 Å². The molecule has 0 radical (unpaired) electrons. The highest BCUT2D eigenvalue weighted by Crippen LogP contribution is 2.34. The molecule has 0 aromatic heterocycles. The summed E-state index contributed by atoms with van der Waals surface area (Å²) in [5.74, 6) is -0.255. The number of benzene rings is 2. The highest BCUT2D eigenvalue weighted by molar-refractivity contribution is 9.10. The van der Waals surface area contributed by atoms with Gasteiger partial charge in [0.1, 0.15) is 5.75 Å². The van der Waals surface area contributed by atoms with Crippen molar-refractivity contribution in [2.45, 2.75) is 6.54 Å². The van der Waals surface area contributed by atoms with Crippen LogP contribution in [0.1, 0.15) is 16.7 Å². The van der Waals surface area contributed by atoms with E-state index in [1.54, 1.807) is 42.5 Å². The molecule has 0 spiro atoms. The van der Waals surface area contributed by atoms with Crippen molar-refractivity contribution < 1.29 is 14.7 Å². The summed E-state index contributed by atoms with van der Waals surface area (Å²) in [6.45, 7) is 0.160. The first kappa shape index (κ1) is 17.3. The molecule has 1 aliphatic rings. The average Bonchev–Trinajstić information content (AvgIpc) is 2.86. The quantitative estimate of drug-likeness (QED) is 0.758. The van der Waals surface area contributed by atoms with Gasteiger partial charge >= 0.3 is 0 Å².